The number of nitrogens with zero attached hydrogens (tertiary/aromatic N) is 1. The zero-order valence-corrected chi connectivity index (χ0v) is 46.7. The van der Waals surface area contributed by atoms with Gasteiger partial charge in [0.2, 0.25) is 0 Å². The van der Waals surface area contributed by atoms with E-state index in [2.05, 4.69) is 339 Å². The maximum absolute atomic E-state index is 2.85. The molecule has 13 aromatic rings. The number of para-hydroxylation sites is 1. The largest absolute Gasteiger partial charge is 0.309 e. The van der Waals surface area contributed by atoms with Crippen LogP contribution < -0.4 is 46.4 Å². The lowest BCUT2D eigenvalue weighted by molar-refractivity contribution is 1.28. The predicted molar refractivity (Wildman–Crippen MR) is 348 cm³/mol. The Morgan fingerprint density at radius 1 is 0.185 bits per heavy atom. The van der Waals surface area contributed by atoms with Crippen LogP contribution >= 0.6 is 0 Å². The van der Waals surface area contributed by atoms with E-state index in [0.717, 1.165) is 28.2 Å². The van der Waals surface area contributed by atoms with Gasteiger partial charge in [0.15, 0.2) is 16.1 Å². The van der Waals surface area contributed by atoms with Crippen molar-refractivity contribution in [3.05, 3.63) is 334 Å². The molecule has 81 heavy (non-hydrogen) atoms. The molecule has 0 N–H and O–H groups in total. The highest BCUT2D eigenvalue weighted by molar-refractivity contribution is 7.23. The van der Waals surface area contributed by atoms with Gasteiger partial charge in [0.25, 0.3) is 0 Å². The molecule has 0 fully saturated rings. The molecule has 0 saturated carbocycles. The molecule has 0 aliphatic carbocycles. The second-order valence-electron chi connectivity index (χ2n) is 21.4. The summed E-state index contributed by atoms with van der Waals surface area (Å²) in [7, 11) is -5.70. The molecule has 15 rings (SSSR count). The predicted octanol–water partition coefficient (Wildman–Crippen LogP) is 14.5. The van der Waals surface area contributed by atoms with E-state index < -0.39 is 16.1 Å². The molecule has 0 aromatic heterocycles. The Labute approximate surface area is 477 Å². The van der Waals surface area contributed by atoms with Gasteiger partial charge in [-0.25, -0.2) is 0 Å². The molecule has 0 unspecified atom stereocenters. The highest BCUT2D eigenvalue weighted by atomic mass is 28.3. The first-order valence-electron chi connectivity index (χ1n) is 28.2. The summed E-state index contributed by atoms with van der Waals surface area (Å²) in [6.07, 6.45) is 0. The van der Waals surface area contributed by atoms with Crippen molar-refractivity contribution in [2.45, 2.75) is 0 Å². The van der Waals surface area contributed by atoms with Gasteiger partial charge in [-0.15, -0.1) is 0 Å². The molecule has 0 spiro atoms. The van der Waals surface area contributed by atoms with Crippen LogP contribution in [0.15, 0.2) is 334 Å². The monoisotopic (exact) mass is 1060 g/mol. The quantitative estimate of drug-likeness (QED) is 0.117. The molecule has 0 amide bonds. The second-order valence-corrected chi connectivity index (χ2v) is 28.9. The summed E-state index contributed by atoms with van der Waals surface area (Å²) >= 11 is 0. The van der Waals surface area contributed by atoms with Gasteiger partial charge in [0.05, 0.1) is 5.69 Å². The molecule has 0 atom stereocenters. The standard InChI is InChI=1S/C78H55NSi2/c1-7-24-56(25-8-1)58-42-48-62(49-43-58)79(63-50-44-59(45-51-63)57-26-9-2-10-27-57)78-68(60-46-52-72-70-36-19-21-40-74(70)80(76(72)54-60,64-28-11-3-12-29-64)65-30-13-4-14-31-65)38-23-39-69(78)61-47-53-73-71-37-20-22-41-75(71)81(77(73)55-61,66-32-15-5-16-33-66)67-34-17-6-18-35-67/h1-55H. The minimum atomic E-state index is -2.85. The molecule has 380 valence electrons. The average Bonchev–Trinajstić information content (AvgIpc) is 3.19. The maximum atomic E-state index is 2.58. The van der Waals surface area contributed by atoms with Crippen molar-refractivity contribution < 1.29 is 0 Å². The van der Waals surface area contributed by atoms with Crippen LogP contribution in [-0.2, 0) is 0 Å². The fourth-order valence-corrected chi connectivity index (χ4v) is 24.2. The Bertz CT molecular complexity index is 4050. The van der Waals surface area contributed by atoms with Gasteiger partial charge in [-0.2, -0.15) is 0 Å². The molecule has 0 radical (unpaired) electrons. The fraction of sp³-hybridized carbons (Fsp3) is 0. The smallest absolute Gasteiger partial charge is 0.180 e. The Balaban J connectivity index is 1.02. The SMILES string of the molecule is c1ccc(-c2ccc(N(c3ccc(-c4ccccc4)cc3)c3c(-c4ccc5c(c4)[Si](c4ccccc4)(c4ccccc4)c4ccccc4-5)cccc3-c3ccc4c(c3)[Si](c3ccccc3)(c3ccccc3)c3ccccc3-4)cc2)cc1. The van der Waals surface area contributed by atoms with Gasteiger partial charge in [0.1, 0.15) is 0 Å². The minimum Gasteiger partial charge on any atom is -0.309 e. The first kappa shape index (κ1) is 48.2. The number of hydrogen-bond donors (Lipinski definition) is 0. The van der Waals surface area contributed by atoms with Crippen LogP contribution in [0, 0.1) is 0 Å². The van der Waals surface area contributed by atoms with Crippen molar-refractivity contribution in [2.75, 3.05) is 4.90 Å². The van der Waals surface area contributed by atoms with Crippen LogP contribution in [0.3, 0.4) is 0 Å². The van der Waals surface area contributed by atoms with E-state index in [1.54, 1.807) is 0 Å². The van der Waals surface area contributed by atoms with E-state index in [1.807, 2.05) is 0 Å². The summed E-state index contributed by atoms with van der Waals surface area (Å²) in [6, 6.07) is 126. The third kappa shape index (κ3) is 7.80. The number of benzene rings is 13. The van der Waals surface area contributed by atoms with E-state index in [9.17, 15) is 0 Å². The van der Waals surface area contributed by atoms with Gasteiger partial charge >= 0.3 is 0 Å². The van der Waals surface area contributed by atoms with E-state index in [1.165, 1.54) is 97.1 Å². The van der Waals surface area contributed by atoms with Crippen molar-refractivity contribution >= 4 is 74.7 Å². The number of hydrogen-bond acceptors (Lipinski definition) is 1. The fourth-order valence-electron chi connectivity index (χ4n) is 13.7. The third-order valence-electron chi connectivity index (χ3n) is 17.3. The zero-order chi connectivity index (χ0) is 53.7. The Kier molecular flexibility index (Phi) is 12.0. The molecule has 0 bridgehead atoms. The van der Waals surface area contributed by atoms with Crippen LogP contribution in [0.1, 0.15) is 0 Å². The van der Waals surface area contributed by atoms with Crippen LogP contribution in [-0.4, -0.2) is 16.1 Å². The molecule has 13 aromatic carbocycles. The van der Waals surface area contributed by atoms with Crippen LogP contribution in [0.2, 0.25) is 0 Å². The van der Waals surface area contributed by atoms with Gasteiger partial charge in [-0.1, -0.05) is 309 Å². The minimum absolute atomic E-state index is 1.08. The van der Waals surface area contributed by atoms with Crippen molar-refractivity contribution in [1.29, 1.82) is 0 Å². The Hall–Kier alpha value is -9.91. The molecular weight excluding hydrogens is 1010 g/mol. The topological polar surface area (TPSA) is 3.24 Å². The highest BCUT2D eigenvalue weighted by Gasteiger charge is 2.50. The maximum Gasteiger partial charge on any atom is 0.180 e. The van der Waals surface area contributed by atoms with Crippen LogP contribution in [0.4, 0.5) is 17.1 Å². The van der Waals surface area contributed by atoms with E-state index >= 15 is 0 Å². The number of rotatable bonds is 11. The lowest BCUT2D eigenvalue weighted by Gasteiger charge is -2.33. The first-order valence-corrected chi connectivity index (χ1v) is 32.2. The molecule has 3 heteroatoms. The average molecular weight is 1060 g/mol. The van der Waals surface area contributed by atoms with Crippen molar-refractivity contribution in [2.24, 2.45) is 0 Å². The number of fused-ring (bicyclic) bond motifs is 6. The van der Waals surface area contributed by atoms with E-state index in [0.29, 0.717) is 0 Å². The molecule has 2 heterocycles. The summed E-state index contributed by atoms with van der Waals surface area (Å²) in [5.41, 5.74) is 18.0. The molecule has 2 aliphatic rings. The van der Waals surface area contributed by atoms with Gasteiger partial charge in [-0.3, -0.25) is 0 Å². The van der Waals surface area contributed by atoms with Crippen LogP contribution in [0.25, 0.3) is 66.8 Å². The third-order valence-corrected chi connectivity index (χ3v) is 27.0. The molecule has 0 saturated heterocycles. The summed E-state index contributed by atoms with van der Waals surface area (Å²) < 4.78 is 0. The van der Waals surface area contributed by atoms with Gasteiger partial charge in [0, 0.05) is 22.5 Å². The summed E-state index contributed by atoms with van der Waals surface area (Å²) in [5.74, 6) is 0. The first-order chi connectivity index (χ1) is 40.2. The highest BCUT2D eigenvalue weighted by Crippen LogP contribution is 2.48. The normalized spacial score (nSPS) is 13.1. The Morgan fingerprint density at radius 3 is 0.815 bits per heavy atom. The molecule has 1 nitrogen and oxygen atoms in total. The van der Waals surface area contributed by atoms with E-state index in [-0.39, 0.29) is 0 Å². The summed E-state index contributed by atoms with van der Waals surface area (Å²) in [4.78, 5) is 2.54. The number of anilines is 3. The molecule has 2 aliphatic heterocycles. The second kappa shape index (κ2) is 20.1. The lowest BCUT2D eigenvalue weighted by atomic mass is 9.92. The summed E-state index contributed by atoms with van der Waals surface area (Å²) in [6.45, 7) is 0. The lowest BCUT2D eigenvalue weighted by Crippen LogP contribution is -2.72. The Morgan fingerprint density at radius 2 is 0.457 bits per heavy atom. The van der Waals surface area contributed by atoms with Gasteiger partial charge in [-0.05, 0) is 121 Å². The summed E-state index contributed by atoms with van der Waals surface area (Å²) in [5, 5.41) is 11.2. The van der Waals surface area contributed by atoms with Crippen LogP contribution in [0.5, 0.6) is 0 Å². The van der Waals surface area contributed by atoms with Crippen molar-refractivity contribution in [1.82, 2.24) is 0 Å². The van der Waals surface area contributed by atoms with Gasteiger partial charge < -0.3 is 4.90 Å². The molecular formula is C78H55NSi2. The van der Waals surface area contributed by atoms with Crippen molar-refractivity contribution in [3.63, 3.8) is 0 Å². The zero-order valence-electron chi connectivity index (χ0n) is 44.7. The van der Waals surface area contributed by atoms with Crippen molar-refractivity contribution in [3.8, 4) is 66.8 Å². The van der Waals surface area contributed by atoms with E-state index in [4.69, 9.17) is 0 Å².